The van der Waals surface area contributed by atoms with E-state index in [0.29, 0.717) is 41.2 Å². The summed E-state index contributed by atoms with van der Waals surface area (Å²) in [6.07, 6.45) is 1.53. The number of hydrogen-bond acceptors (Lipinski definition) is 6. The van der Waals surface area contributed by atoms with Crippen molar-refractivity contribution < 1.29 is 18.5 Å². The van der Waals surface area contributed by atoms with Crippen molar-refractivity contribution in [2.24, 2.45) is 0 Å². The molecular weight excluding hydrogens is 312 g/mol. The number of nitrogens with one attached hydrogen (secondary N) is 2. The van der Waals surface area contributed by atoms with Crippen LogP contribution in [-0.2, 0) is 4.79 Å². The third-order valence-electron chi connectivity index (χ3n) is 3.42. The smallest absolute Gasteiger partial charge is 0.259 e. The van der Waals surface area contributed by atoms with Crippen molar-refractivity contribution in [3.05, 3.63) is 35.7 Å². The van der Waals surface area contributed by atoms with Crippen LogP contribution in [0.1, 0.15) is 23.0 Å². The van der Waals surface area contributed by atoms with Crippen LogP contribution in [0.2, 0.25) is 0 Å². The van der Waals surface area contributed by atoms with Crippen LogP contribution >= 0.6 is 0 Å². The van der Waals surface area contributed by atoms with E-state index in [2.05, 4.69) is 20.8 Å². The molecule has 3 heterocycles. The molecule has 0 radical (unpaired) electrons. The molecule has 0 aliphatic carbocycles. The van der Waals surface area contributed by atoms with Gasteiger partial charge in [0.05, 0.1) is 22.9 Å². The Morgan fingerprint density at radius 3 is 2.75 bits per heavy atom. The maximum Gasteiger partial charge on any atom is 0.259 e. The first kappa shape index (κ1) is 15.7. The van der Waals surface area contributed by atoms with Gasteiger partial charge in [-0.1, -0.05) is 5.16 Å². The zero-order valence-corrected chi connectivity index (χ0v) is 13.3. The summed E-state index contributed by atoms with van der Waals surface area (Å²) >= 11 is 0. The lowest BCUT2D eigenvalue weighted by Gasteiger charge is -2.07. The van der Waals surface area contributed by atoms with E-state index >= 15 is 0 Å². The topological polar surface area (TPSA) is 110 Å². The molecule has 0 spiro atoms. The standard InChI is InChI=1S/C16H16N4O4/c1-9-14-11(15(22)18-6-5-17-10(2)21)8-12(13-4-3-7-23-13)19-16(14)24-20-9/h3-4,7-8H,5-6H2,1-2H3,(H,17,21)(H,18,22). The molecule has 0 saturated carbocycles. The molecule has 0 bridgehead atoms. The highest BCUT2D eigenvalue weighted by atomic mass is 16.5. The highest BCUT2D eigenvalue weighted by Crippen LogP contribution is 2.27. The van der Waals surface area contributed by atoms with E-state index in [9.17, 15) is 9.59 Å². The van der Waals surface area contributed by atoms with Gasteiger partial charge in [0.15, 0.2) is 5.76 Å². The van der Waals surface area contributed by atoms with E-state index in [-0.39, 0.29) is 17.5 Å². The van der Waals surface area contributed by atoms with Gasteiger partial charge in [0, 0.05) is 20.0 Å². The number of hydrogen-bond donors (Lipinski definition) is 2. The van der Waals surface area contributed by atoms with Gasteiger partial charge in [0.1, 0.15) is 5.69 Å². The molecule has 0 atom stereocenters. The van der Waals surface area contributed by atoms with Crippen LogP contribution in [0.15, 0.2) is 33.4 Å². The SMILES string of the molecule is CC(=O)NCCNC(=O)c1cc(-c2ccco2)nc2onc(C)c12. The molecule has 0 aromatic carbocycles. The molecule has 3 aromatic heterocycles. The predicted octanol–water partition coefficient (Wildman–Crippen LogP) is 1.66. The maximum atomic E-state index is 12.5. The summed E-state index contributed by atoms with van der Waals surface area (Å²) < 4.78 is 10.5. The Balaban J connectivity index is 1.91. The number of rotatable bonds is 5. The van der Waals surface area contributed by atoms with Crippen LogP contribution < -0.4 is 10.6 Å². The van der Waals surface area contributed by atoms with E-state index in [0.717, 1.165) is 0 Å². The van der Waals surface area contributed by atoms with Crippen LogP contribution in [0, 0.1) is 6.92 Å². The van der Waals surface area contributed by atoms with Gasteiger partial charge in [0.2, 0.25) is 5.91 Å². The quantitative estimate of drug-likeness (QED) is 0.689. The van der Waals surface area contributed by atoms with Crippen molar-refractivity contribution in [1.82, 2.24) is 20.8 Å². The molecule has 8 heteroatoms. The zero-order valence-electron chi connectivity index (χ0n) is 13.3. The van der Waals surface area contributed by atoms with E-state index in [1.54, 1.807) is 25.1 Å². The Labute approximate surface area is 137 Å². The lowest BCUT2D eigenvalue weighted by molar-refractivity contribution is -0.118. The Morgan fingerprint density at radius 1 is 1.25 bits per heavy atom. The number of carbonyl (C=O) groups is 2. The summed E-state index contributed by atoms with van der Waals surface area (Å²) in [6, 6.07) is 5.12. The van der Waals surface area contributed by atoms with E-state index in [1.807, 2.05) is 0 Å². The second kappa shape index (κ2) is 6.53. The summed E-state index contributed by atoms with van der Waals surface area (Å²) in [5.74, 6) is 0.0793. The molecule has 2 amide bonds. The van der Waals surface area contributed by atoms with Gasteiger partial charge in [-0.15, -0.1) is 0 Å². The Bertz CT molecular complexity index is 883. The number of furan rings is 1. The van der Waals surface area contributed by atoms with E-state index in [4.69, 9.17) is 8.94 Å². The normalized spacial score (nSPS) is 10.8. The van der Waals surface area contributed by atoms with Gasteiger partial charge in [-0.25, -0.2) is 4.98 Å². The first-order valence-electron chi connectivity index (χ1n) is 7.40. The number of aromatic nitrogens is 2. The van der Waals surface area contributed by atoms with Crippen LogP contribution in [-0.4, -0.2) is 35.0 Å². The van der Waals surface area contributed by atoms with Gasteiger partial charge < -0.3 is 19.6 Å². The van der Waals surface area contributed by atoms with Crippen molar-refractivity contribution in [3.63, 3.8) is 0 Å². The van der Waals surface area contributed by atoms with Crippen LogP contribution in [0.3, 0.4) is 0 Å². The largest absolute Gasteiger partial charge is 0.463 e. The van der Waals surface area contributed by atoms with E-state index in [1.165, 1.54) is 13.2 Å². The van der Waals surface area contributed by atoms with Gasteiger partial charge in [-0.3, -0.25) is 9.59 Å². The minimum Gasteiger partial charge on any atom is -0.463 e. The Morgan fingerprint density at radius 2 is 2.04 bits per heavy atom. The van der Waals surface area contributed by atoms with Crippen molar-refractivity contribution >= 4 is 22.9 Å². The fourth-order valence-electron chi connectivity index (χ4n) is 2.33. The predicted molar refractivity (Wildman–Crippen MR) is 85.3 cm³/mol. The Kier molecular flexibility index (Phi) is 4.28. The first-order chi connectivity index (χ1) is 11.6. The van der Waals surface area contributed by atoms with Crippen molar-refractivity contribution in [2.75, 3.05) is 13.1 Å². The Hall–Kier alpha value is -3.16. The molecule has 3 aromatic rings. The van der Waals surface area contributed by atoms with Crippen molar-refractivity contribution in [2.45, 2.75) is 13.8 Å². The molecule has 0 aliphatic rings. The fraction of sp³-hybridized carbons (Fsp3) is 0.250. The van der Waals surface area contributed by atoms with Gasteiger partial charge >= 0.3 is 0 Å². The molecule has 0 unspecified atom stereocenters. The average Bonchev–Trinajstić information content (AvgIpc) is 3.20. The van der Waals surface area contributed by atoms with Crippen LogP contribution in [0.5, 0.6) is 0 Å². The van der Waals surface area contributed by atoms with Gasteiger partial charge in [-0.2, -0.15) is 0 Å². The monoisotopic (exact) mass is 328 g/mol. The van der Waals surface area contributed by atoms with Crippen molar-refractivity contribution in [1.29, 1.82) is 0 Å². The highest BCUT2D eigenvalue weighted by Gasteiger charge is 2.19. The lowest BCUT2D eigenvalue weighted by atomic mass is 10.1. The van der Waals surface area contributed by atoms with Crippen molar-refractivity contribution in [3.8, 4) is 11.5 Å². The molecule has 0 fully saturated rings. The minimum atomic E-state index is -0.299. The third kappa shape index (κ3) is 3.12. The number of amides is 2. The number of carbonyl (C=O) groups excluding carboxylic acids is 2. The lowest BCUT2D eigenvalue weighted by Crippen LogP contribution is -2.33. The van der Waals surface area contributed by atoms with Crippen LogP contribution in [0.25, 0.3) is 22.6 Å². The summed E-state index contributed by atoms with van der Waals surface area (Å²) in [4.78, 5) is 27.7. The third-order valence-corrected chi connectivity index (χ3v) is 3.42. The van der Waals surface area contributed by atoms with E-state index < -0.39 is 0 Å². The first-order valence-corrected chi connectivity index (χ1v) is 7.40. The summed E-state index contributed by atoms with van der Waals surface area (Å²) in [7, 11) is 0. The number of pyridine rings is 1. The molecule has 2 N–H and O–H groups in total. The molecular formula is C16H16N4O4. The summed E-state index contributed by atoms with van der Waals surface area (Å²) in [5.41, 5.74) is 1.73. The molecule has 24 heavy (non-hydrogen) atoms. The molecule has 124 valence electrons. The minimum absolute atomic E-state index is 0.148. The average molecular weight is 328 g/mol. The van der Waals surface area contributed by atoms with Gasteiger partial charge in [-0.05, 0) is 25.1 Å². The van der Waals surface area contributed by atoms with Gasteiger partial charge in [0.25, 0.3) is 11.6 Å². The number of nitrogens with zero attached hydrogens (tertiary/aromatic N) is 2. The number of fused-ring (bicyclic) bond motifs is 1. The fourth-order valence-corrected chi connectivity index (χ4v) is 2.33. The molecule has 0 saturated heterocycles. The van der Waals surface area contributed by atoms with Crippen LogP contribution in [0.4, 0.5) is 0 Å². The molecule has 0 aliphatic heterocycles. The molecule has 8 nitrogen and oxygen atoms in total. The summed E-state index contributed by atoms with van der Waals surface area (Å²) in [5, 5.41) is 9.81. The molecule has 3 rings (SSSR count). The second-order valence-corrected chi connectivity index (χ2v) is 5.22. The zero-order chi connectivity index (χ0) is 17.1. The maximum absolute atomic E-state index is 12.5. The number of aryl methyl sites for hydroxylation is 1. The summed E-state index contributed by atoms with van der Waals surface area (Å²) in [6.45, 7) is 3.82. The highest BCUT2D eigenvalue weighted by molar-refractivity contribution is 6.06. The second-order valence-electron chi connectivity index (χ2n) is 5.22.